The average Bonchev–Trinajstić information content (AvgIpc) is 2.49. The number of nitrogens with zero attached hydrogens (tertiary/aromatic N) is 1. The molecule has 0 spiro atoms. The third-order valence-electron chi connectivity index (χ3n) is 3.07. The standard InChI is InChI=1S/C16H18Cl2N2S/c1-3-8-19-11(2)12-4-7-16(20-10-12)21-13-5-6-14(17)15(18)9-13/h4-7,9-11,19H,3,8H2,1-2H3. The molecule has 2 rings (SSSR count). The van der Waals surface area contributed by atoms with E-state index < -0.39 is 0 Å². The summed E-state index contributed by atoms with van der Waals surface area (Å²) in [5.41, 5.74) is 1.20. The summed E-state index contributed by atoms with van der Waals surface area (Å²) in [6, 6.07) is 10.1. The Kier molecular flexibility index (Phi) is 6.37. The van der Waals surface area contributed by atoms with Gasteiger partial charge in [0.25, 0.3) is 0 Å². The van der Waals surface area contributed by atoms with Crippen molar-refractivity contribution < 1.29 is 0 Å². The third-order valence-corrected chi connectivity index (χ3v) is 4.75. The Morgan fingerprint density at radius 2 is 2.00 bits per heavy atom. The molecule has 21 heavy (non-hydrogen) atoms. The minimum atomic E-state index is 0.321. The van der Waals surface area contributed by atoms with Crippen molar-refractivity contribution >= 4 is 35.0 Å². The second-order valence-corrected chi connectivity index (χ2v) is 6.69. The highest BCUT2D eigenvalue weighted by atomic mass is 35.5. The van der Waals surface area contributed by atoms with E-state index in [9.17, 15) is 0 Å². The van der Waals surface area contributed by atoms with E-state index in [0.717, 1.165) is 22.9 Å². The molecule has 5 heteroatoms. The van der Waals surface area contributed by atoms with Gasteiger partial charge in [-0.25, -0.2) is 4.98 Å². The van der Waals surface area contributed by atoms with Crippen LogP contribution in [0.15, 0.2) is 46.5 Å². The first-order valence-corrected chi connectivity index (χ1v) is 8.49. The van der Waals surface area contributed by atoms with Crippen LogP contribution < -0.4 is 5.32 Å². The zero-order valence-corrected chi connectivity index (χ0v) is 14.4. The molecular formula is C16H18Cl2N2S. The largest absolute Gasteiger partial charge is 0.310 e. The van der Waals surface area contributed by atoms with Gasteiger partial charge in [0.05, 0.1) is 10.0 Å². The molecule has 0 aliphatic heterocycles. The molecule has 0 fully saturated rings. The first-order valence-electron chi connectivity index (χ1n) is 6.92. The van der Waals surface area contributed by atoms with Gasteiger partial charge in [-0.1, -0.05) is 48.0 Å². The van der Waals surface area contributed by atoms with E-state index in [1.165, 1.54) is 5.56 Å². The van der Waals surface area contributed by atoms with Gasteiger partial charge in [0.2, 0.25) is 0 Å². The van der Waals surface area contributed by atoms with Crippen molar-refractivity contribution in [3.05, 3.63) is 52.1 Å². The number of rotatable bonds is 6. The molecule has 0 amide bonds. The molecule has 112 valence electrons. The second-order valence-electron chi connectivity index (χ2n) is 4.78. The van der Waals surface area contributed by atoms with E-state index in [-0.39, 0.29) is 0 Å². The summed E-state index contributed by atoms with van der Waals surface area (Å²) in [5, 5.41) is 5.53. The first kappa shape index (κ1) is 16.6. The molecule has 1 aromatic heterocycles. The van der Waals surface area contributed by atoms with Crippen LogP contribution in [0.1, 0.15) is 31.9 Å². The van der Waals surface area contributed by atoms with E-state index in [4.69, 9.17) is 23.2 Å². The van der Waals surface area contributed by atoms with Crippen LogP contribution in [0.5, 0.6) is 0 Å². The highest BCUT2D eigenvalue weighted by Gasteiger charge is 2.06. The van der Waals surface area contributed by atoms with Crippen molar-refractivity contribution in [2.24, 2.45) is 0 Å². The van der Waals surface area contributed by atoms with E-state index in [2.05, 4.69) is 30.2 Å². The average molecular weight is 341 g/mol. The molecule has 0 aliphatic rings. The number of benzene rings is 1. The zero-order valence-electron chi connectivity index (χ0n) is 12.1. The van der Waals surface area contributed by atoms with Crippen LogP contribution in [0, 0.1) is 0 Å². The van der Waals surface area contributed by atoms with Gasteiger partial charge in [-0.3, -0.25) is 0 Å². The summed E-state index contributed by atoms with van der Waals surface area (Å²) in [4.78, 5) is 5.53. The van der Waals surface area contributed by atoms with E-state index in [1.54, 1.807) is 17.8 Å². The topological polar surface area (TPSA) is 24.9 Å². The van der Waals surface area contributed by atoms with Crippen molar-refractivity contribution in [1.29, 1.82) is 0 Å². The maximum atomic E-state index is 6.02. The SMILES string of the molecule is CCCNC(C)c1ccc(Sc2ccc(Cl)c(Cl)c2)nc1. The summed E-state index contributed by atoms with van der Waals surface area (Å²) in [7, 11) is 0. The molecule has 2 aromatic rings. The predicted molar refractivity (Wildman–Crippen MR) is 91.5 cm³/mol. The molecule has 1 aromatic carbocycles. The quantitative estimate of drug-likeness (QED) is 0.740. The van der Waals surface area contributed by atoms with E-state index >= 15 is 0 Å². The lowest BCUT2D eigenvalue weighted by Crippen LogP contribution is -2.19. The van der Waals surface area contributed by atoms with Gasteiger partial charge in [0, 0.05) is 17.1 Å². The van der Waals surface area contributed by atoms with Gasteiger partial charge in [-0.15, -0.1) is 0 Å². The van der Waals surface area contributed by atoms with Crippen molar-refractivity contribution in [3.63, 3.8) is 0 Å². The summed E-state index contributed by atoms with van der Waals surface area (Å²) < 4.78 is 0. The maximum Gasteiger partial charge on any atom is 0.101 e. The summed E-state index contributed by atoms with van der Waals surface area (Å²) in [6.45, 7) is 5.33. The fraction of sp³-hybridized carbons (Fsp3) is 0.312. The molecular weight excluding hydrogens is 323 g/mol. The van der Waals surface area contributed by atoms with Gasteiger partial charge in [-0.2, -0.15) is 0 Å². The lowest BCUT2D eigenvalue weighted by atomic mass is 10.1. The lowest BCUT2D eigenvalue weighted by Gasteiger charge is -2.13. The summed E-state index contributed by atoms with van der Waals surface area (Å²) in [5.74, 6) is 0. The lowest BCUT2D eigenvalue weighted by molar-refractivity contribution is 0.568. The number of hydrogen-bond donors (Lipinski definition) is 1. The summed E-state index contributed by atoms with van der Waals surface area (Å²) in [6.07, 6.45) is 3.05. The van der Waals surface area contributed by atoms with Crippen LogP contribution in [-0.4, -0.2) is 11.5 Å². The monoisotopic (exact) mass is 340 g/mol. The highest BCUT2D eigenvalue weighted by molar-refractivity contribution is 7.99. The van der Waals surface area contributed by atoms with Crippen LogP contribution in [0.4, 0.5) is 0 Å². The highest BCUT2D eigenvalue weighted by Crippen LogP contribution is 2.31. The molecule has 1 atom stereocenters. The Bertz CT molecular complexity index is 587. The molecule has 0 aliphatic carbocycles. The molecule has 1 unspecified atom stereocenters. The maximum absolute atomic E-state index is 6.02. The van der Waals surface area contributed by atoms with Crippen molar-refractivity contribution in [3.8, 4) is 0 Å². The Hall–Kier alpha value is -0.740. The van der Waals surface area contributed by atoms with Crippen LogP contribution in [0.2, 0.25) is 10.0 Å². The molecule has 0 radical (unpaired) electrons. The number of aromatic nitrogens is 1. The van der Waals surface area contributed by atoms with Gasteiger partial charge in [0.1, 0.15) is 5.03 Å². The third kappa shape index (κ3) is 4.89. The Morgan fingerprint density at radius 1 is 1.19 bits per heavy atom. The molecule has 1 N–H and O–H groups in total. The number of nitrogens with one attached hydrogen (secondary N) is 1. The smallest absolute Gasteiger partial charge is 0.101 e. The zero-order chi connectivity index (χ0) is 15.2. The number of hydrogen-bond acceptors (Lipinski definition) is 3. The Balaban J connectivity index is 2.03. The Morgan fingerprint density at radius 3 is 2.62 bits per heavy atom. The van der Waals surface area contributed by atoms with Crippen LogP contribution in [-0.2, 0) is 0 Å². The molecule has 0 bridgehead atoms. The number of halogens is 2. The van der Waals surface area contributed by atoms with Crippen LogP contribution in [0.3, 0.4) is 0 Å². The van der Waals surface area contributed by atoms with Crippen LogP contribution in [0.25, 0.3) is 0 Å². The molecule has 0 saturated heterocycles. The van der Waals surface area contributed by atoms with E-state index in [0.29, 0.717) is 16.1 Å². The molecule has 1 heterocycles. The van der Waals surface area contributed by atoms with Gasteiger partial charge < -0.3 is 5.32 Å². The summed E-state index contributed by atoms with van der Waals surface area (Å²) >= 11 is 13.5. The minimum Gasteiger partial charge on any atom is -0.310 e. The fourth-order valence-electron chi connectivity index (χ4n) is 1.85. The van der Waals surface area contributed by atoms with Gasteiger partial charge in [0.15, 0.2) is 0 Å². The fourth-order valence-corrected chi connectivity index (χ4v) is 3.01. The van der Waals surface area contributed by atoms with Gasteiger partial charge >= 0.3 is 0 Å². The second kappa shape index (κ2) is 8.04. The minimum absolute atomic E-state index is 0.321. The van der Waals surface area contributed by atoms with Crippen molar-refractivity contribution in [1.82, 2.24) is 10.3 Å². The van der Waals surface area contributed by atoms with Crippen molar-refractivity contribution in [2.45, 2.75) is 36.2 Å². The predicted octanol–water partition coefficient (Wildman–Crippen LogP) is 5.60. The normalized spacial score (nSPS) is 12.4. The number of pyridine rings is 1. The van der Waals surface area contributed by atoms with E-state index in [1.807, 2.05) is 24.4 Å². The van der Waals surface area contributed by atoms with Crippen molar-refractivity contribution in [2.75, 3.05) is 6.54 Å². The molecule has 2 nitrogen and oxygen atoms in total. The van der Waals surface area contributed by atoms with Crippen LogP contribution >= 0.6 is 35.0 Å². The molecule has 0 saturated carbocycles. The van der Waals surface area contributed by atoms with Gasteiger partial charge in [-0.05, 0) is 49.7 Å². The first-order chi connectivity index (χ1) is 10.1. The Labute approximate surface area is 140 Å².